The van der Waals surface area contributed by atoms with Crippen LogP contribution in [0.25, 0.3) is 0 Å². The molecule has 1 amide bonds. The molecule has 0 bridgehead atoms. The van der Waals surface area contributed by atoms with Gasteiger partial charge < -0.3 is 15.1 Å². The molecule has 116 valence electrons. The number of nitrogens with one attached hydrogen (secondary N) is 1. The van der Waals surface area contributed by atoms with Crippen LogP contribution in [0.4, 0.5) is 5.82 Å². The van der Waals surface area contributed by atoms with Crippen molar-refractivity contribution in [2.75, 3.05) is 39.5 Å². The molecule has 1 aromatic rings. The van der Waals surface area contributed by atoms with Gasteiger partial charge in [-0.1, -0.05) is 13.3 Å². The maximum atomic E-state index is 12.7. The number of anilines is 1. The smallest absolute Gasteiger partial charge is 0.254 e. The highest BCUT2D eigenvalue weighted by Crippen LogP contribution is 2.19. The fourth-order valence-electron chi connectivity index (χ4n) is 2.75. The van der Waals surface area contributed by atoms with E-state index in [0.29, 0.717) is 6.04 Å². The van der Waals surface area contributed by atoms with Gasteiger partial charge in [-0.25, -0.2) is 4.98 Å². The molecular formula is C16H26N4O. The van der Waals surface area contributed by atoms with Gasteiger partial charge in [-0.05, 0) is 39.1 Å². The zero-order chi connectivity index (χ0) is 15.4. The number of carbonyl (C=O) groups excluding carboxylic acids is 1. The van der Waals surface area contributed by atoms with Gasteiger partial charge in [0.15, 0.2) is 0 Å². The van der Waals surface area contributed by atoms with E-state index in [1.165, 1.54) is 0 Å². The van der Waals surface area contributed by atoms with Crippen LogP contribution in [0.2, 0.25) is 0 Å². The number of amides is 1. The van der Waals surface area contributed by atoms with E-state index < -0.39 is 0 Å². The molecule has 1 aliphatic heterocycles. The van der Waals surface area contributed by atoms with Crippen LogP contribution in [0.3, 0.4) is 0 Å². The van der Waals surface area contributed by atoms with E-state index in [-0.39, 0.29) is 5.91 Å². The van der Waals surface area contributed by atoms with E-state index in [1.54, 1.807) is 0 Å². The number of hydrogen-bond acceptors (Lipinski definition) is 4. The molecule has 0 aromatic carbocycles. The number of rotatable bonds is 5. The molecule has 21 heavy (non-hydrogen) atoms. The SMILES string of the molecule is CCCc1cc(C(=O)N2CCC(N(C)C)C2)cc(NC)n1. The molecule has 5 nitrogen and oxygen atoms in total. The second-order valence-electron chi connectivity index (χ2n) is 5.89. The molecule has 1 aromatic heterocycles. The highest BCUT2D eigenvalue weighted by Gasteiger charge is 2.28. The summed E-state index contributed by atoms with van der Waals surface area (Å²) in [5.41, 5.74) is 1.73. The lowest BCUT2D eigenvalue weighted by atomic mass is 10.1. The lowest BCUT2D eigenvalue weighted by Crippen LogP contribution is -2.34. The van der Waals surface area contributed by atoms with Crippen molar-refractivity contribution < 1.29 is 4.79 Å². The first-order valence-corrected chi connectivity index (χ1v) is 7.69. The summed E-state index contributed by atoms with van der Waals surface area (Å²) in [6, 6.07) is 4.26. The maximum Gasteiger partial charge on any atom is 0.254 e. The zero-order valence-electron chi connectivity index (χ0n) is 13.5. The van der Waals surface area contributed by atoms with Crippen molar-refractivity contribution in [1.29, 1.82) is 0 Å². The lowest BCUT2D eigenvalue weighted by molar-refractivity contribution is 0.0783. The summed E-state index contributed by atoms with van der Waals surface area (Å²) < 4.78 is 0. The van der Waals surface area contributed by atoms with Crippen molar-refractivity contribution in [1.82, 2.24) is 14.8 Å². The molecule has 1 unspecified atom stereocenters. The Morgan fingerprint density at radius 2 is 2.24 bits per heavy atom. The minimum Gasteiger partial charge on any atom is -0.373 e. The number of aryl methyl sites for hydroxylation is 1. The minimum absolute atomic E-state index is 0.121. The van der Waals surface area contributed by atoms with Gasteiger partial charge in [0.1, 0.15) is 5.82 Å². The number of carbonyl (C=O) groups is 1. The van der Waals surface area contributed by atoms with Gasteiger partial charge in [-0.3, -0.25) is 4.79 Å². The van der Waals surface area contributed by atoms with Crippen LogP contribution in [-0.2, 0) is 6.42 Å². The Hall–Kier alpha value is -1.62. The van der Waals surface area contributed by atoms with Crippen LogP contribution in [0.5, 0.6) is 0 Å². The monoisotopic (exact) mass is 290 g/mol. The molecule has 2 heterocycles. The average Bonchev–Trinajstić information content (AvgIpc) is 2.96. The molecule has 1 fully saturated rings. The Bertz CT molecular complexity index is 501. The third-order valence-electron chi connectivity index (χ3n) is 4.07. The van der Waals surface area contributed by atoms with E-state index >= 15 is 0 Å². The lowest BCUT2D eigenvalue weighted by Gasteiger charge is -2.20. The molecule has 0 saturated carbocycles. The van der Waals surface area contributed by atoms with Gasteiger partial charge >= 0.3 is 0 Å². The fraction of sp³-hybridized carbons (Fsp3) is 0.625. The molecule has 1 N–H and O–H groups in total. The molecular weight excluding hydrogens is 264 g/mol. The van der Waals surface area contributed by atoms with Crippen LogP contribution < -0.4 is 5.32 Å². The van der Waals surface area contributed by atoms with Crippen molar-refractivity contribution in [3.05, 3.63) is 23.4 Å². The van der Waals surface area contributed by atoms with Crippen molar-refractivity contribution in [2.45, 2.75) is 32.2 Å². The Morgan fingerprint density at radius 3 is 2.81 bits per heavy atom. The molecule has 5 heteroatoms. The van der Waals surface area contributed by atoms with E-state index in [0.717, 1.165) is 49.4 Å². The number of hydrogen-bond donors (Lipinski definition) is 1. The summed E-state index contributed by atoms with van der Waals surface area (Å²) in [5, 5.41) is 3.05. The van der Waals surface area contributed by atoms with Gasteiger partial charge in [0.05, 0.1) is 0 Å². The van der Waals surface area contributed by atoms with E-state index in [9.17, 15) is 4.79 Å². The standard InChI is InChI=1S/C16H26N4O/c1-5-6-13-9-12(10-15(17-2)18-13)16(21)20-8-7-14(11-20)19(3)4/h9-10,14H,5-8,11H2,1-4H3,(H,17,18). The van der Waals surface area contributed by atoms with Crippen molar-refractivity contribution in [3.8, 4) is 0 Å². The first-order valence-electron chi connectivity index (χ1n) is 7.69. The summed E-state index contributed by atoms with van der Waals surface area (Å²) in [7, 11) is 5.98. The molecule has 2 rings (SSSR count). The normalized spacial score (nSPS) is 18.3. The van der Waals surface area contributed by atoms with Crippen LogP contribution in [0, 0.1) is 0 Å². The minimum atomic E-state index is 0.121. The first kappa shape index (κ1) is 15.8. The predicted octanol–water partition coefficient (Wildman–Crippen LogP) is 1.85. The van der Waals surface area contributed by atoms with Gasteiger partial charge in [0.25, 0.3) is 5.91 Å². The van der Waals surface area contributed by atoms with Crippen LogP contribution in [0.15, 0.2) is 12.1 Å². The van der Waals surface area contributed by atoms with Crippen molar-refractivity contribution in [2.24, 2.45) is 0 Å². The summed E-state index contributed by atoms with van der Waals surface area (Å²) in [6.07, 6.45) is 2.97. The Kier molecular flexibility index (Phi) is 5.17. The van der Waals surface area contributed by atoms with E-state index in [2.05, 4.69) is 36.2 Å². The zero-order valence-corrected chi connectivity index (χ0v) is 13.5. The van der Waals surface area contributed by atoms with E-state index in [1.807, 2.05) is 24.1 Å². The second kappa shape index (κ2) is 6.89. The van der Waals surface area contributed by atoms with Crippen molar-refractivity contribution in [3.63, 3.8) is 0 Å². The van der Waals surface area contributed by atoms with Gasteiger partial charge in [0, 0.05) is 37.4 Å². The molecule has 0 aliphatic carbocycles. The third-order valence-corrected chi connectivity index (χ3v) is 4.07. The van der Waals surface area contributed by atoms with Crippen LogP contribution >= 0.6 is 0 Å². The van der Waals surface area contributed by atoms with E-state index in [4.69, 9.17) is 0 Å². The summed E-state index contributed by atoms with van der Waals surface area (Å²) in [4.78, 5) is 21.3. The Balaban J connectivity index is 2.17. The van der Waals surface area contributed by atoms with Gasteiger partial charge in [-0.15, -0.1) is 0 Å². The molecule has 0 spiro atoms. The highest BCUT2D eigenvalue weighted by atomic mass is 16.2. The fourth-order valence-corrected chi connectivity index (χ4v) is 2.75. The van der Waals surface area contributed by atoms with Gasteiger partial charge in [-0.2, -0.15) is 0 Å². The Morgan fingerprint density at radius 1 is 1.48 bits per heavy atom. The first-order chi connectivity index (χ1) is 10.0. The third kappa shape index (κ3) is 3.73. The second-order valence-corrected chi connectivity index (χ2v) is 5.89. The number of pyridine rings is 1. The number of aromatic nitrogens is 1. The number of nitrogens with zero attached hydrogens (tertiary/aromatic N) is 3. The van der Waals surface area contributed by atoms with Crippen LogP contribution in [0.1, 0.15) is 35.8 Å². The topological polar surface area (TPSA) is 48.5 Å². The largest absolute Gasteiger partial charge is 0.373 e. The Labute approximate surface area is 127 Å². The highest BCUT2D eigenvalue weighted by molar-refractivity contribution is 5.95. The molecule has 1 atom stereocenters. The van der Waals surface area contributed by atoms with Crippen LogP contribution in [-0.4, -0.2) is 61.0 Å². The maximum absolute atomic E-state index is 12.7. The molecule has 1 aliphatic rings. The summed E-state index contributed by atoms with van der Waals surface area (Å²) >= 11 is 0. The summed E-state index contributed by atoms with van der Waals surface area (Å²) in [5.74, 6) is 0.892. The average molecular weight is 290 g/mol. The summed E-state index contributed by atoms with van der Waals surface area (Å²) in [6.45, 7) is 3.77. The number of likely N-dealkylation sites (tertiary alicyclic amines) is 1. The number of likely N-dealkylation sites (N-methyl/N-ethyl adjacent to an activating group) is 1. The predicted molar refractivity (Wildman–Crippen MR) is 85.8 cm³/mol. The molecule has 0 radical (unpaired) electrons. The quantitative estimate of drug-likeness (QED) is 0.899. The van der Waals surface area contributed by atoms with Gasteiger partial charge in [0.2, 0.25) is 0 Å². The molecule has 1 saturated heterocycles. The van der Waals surface area contributed by atoms with Crippen molar-refractivity contribution >= 4 is 11.7 Å².